The van der Waals surface area contributed by atoms with Gasteiger partial charge in [-0.3, -0.25) is 16.2 Å². The van der Waals surface area contributed by atoms with E-state index in [9.17, 15) is 0 Å². The van der Waals surface area contributed by atoms with Crippen molar-refractivity contribution in [3.05, 3.63) is 47.8 Å². The van der Waals surface area contributed by atoms with Gasteiger partial charge in [-0.25, -0.2) is 0 Å². The summed E-state index contributed by atoms with van der Waals surface area (Å²) in [5.41, 5.74) is 12.0. The van der Waals surface area contributed by atoms with Gasteiger partial charge in [0.1, 0.15) is 11.6 Å². The number of guanidine groups is 1. The Hall–Kier alpha value is -3.23. The standard InChI is InChI=1S/C23H38N8O/c24-21(25)19-9-11-20(12-10-19)32-18-8-7-15-31-17-16-30(23(31)28)14-6-4-2-1-3-5-13-29-22(26)27/h9-12,16-17,28H,1-8,13-15,18H2,(H3,24,25)(H4,26,27,29). The van der Waals surface area contributed by atoms with Gasteiger partial charge in [-0.1, -0.05) is 25.7 Å². The molecule has 0 saturated carbocycles. The number of nitrogen functional groups attached to an aromatic ring is 1. The number of nitrogens with zero attached hydrogens (tertiary/aromatic N) is 2. The highest BCUT2D eigenvalue weighted by molar-refractivity contribution is 5.94. The average molecular weight is 443 g/mol. The van der Waals surface area contributed by atoms with Gasteiger partial charge in [0.25, 0.3) is 0 Å². The van der Waals surface area contributed by atoms with E-state index >= 15 is 0 Å². The van der Waals surface area contributed by atoms with E-state index in [-0.39, 0.29) is 11.8 Å². The highest BCUT2D eigenvalue weighted by Crippen LogP contribution is 2.12. The number of hydrogen-bond acceptors (Lipinski definition) is 4. The first-order valence-electron chi connectivity index (χ1n) is 11.4. The van der Waals surface area contributed by atoms with E-state index in [2.05, 4.69) is 5.32 Å². The van der Waals surface area contributed by atoms with E-state index in [4.69, 9.17) is 32.4 Å². The lowest BCUT2D eigenvalue weighted by Gasteiger charge is -2.08. The van der Waals surface area contributed by atoms with Crippen molar-refractivity contribution in [2.24, 2.45) is 11.5 Å². The predicted molar refractivity (Wildman–Crippen MR) is 128 cm³/mol. The number of rotatable bonds is 16. The summed E-state index contributed by atoms with van der Waals surface area (Å²) in [6.45, 7) is 3.10. The number of amidine groups is 1. The summed E-state index contributed by atoms with van der Waals surface area (Å²) in [7, 11) is 0. The third-order valence-electron chi connectivity index (χ3n) is 5.34. The first kappa shape index (κ1) is 25.0. The van der Waals surface area contributed by atoms with Crippen LogP contribution in [0.1, 0.15) is 56.9 Å². The Morgan fingerprint density at radius 2 is 1.38 bits per heavy atom. The van der Waals surface area contributed by atoms with Crippen LogP contribution < -0.4 is 27.1 Å². The van der Waals surface area contributed by atoms with E-state index in [1.807, 2.05) is 33.7 Å². The van der Waals surface area contributed by atoms with Crippen LogP contribution in [0.25, 0.3) is 0 Å². The number of nitrogens with two attached hydrogens (primary N) is 2. The fourth-order valence-electron chi connectivity index (χ4n) is 3.47. The van der Waals surface area contributed by atoms with E-state index in [1.54, 1.807) is 12.1 Å². The van der Waals surface area contributed by atoms with Crippen LogP contribution in [0.15, 0.2) is 36.7 Å². The Labute approximate surface area is 190 Å². The molecule has 8 N–H and O–H groups in total. The highest BCUT2D eigenvalue weighted by Gasteiger charge is 2.02. The fourth-order valence-corrected chi connectivity index (χ4v) is 3.47. The van der Waals surface area contributed by atoms with Crippen LogP contribution in [-0.2, 0) is 13.1 Å². The summed E-state index contributed by atoms with van der Waals surface area (Å²) in [4.78, 5) is 0. The zero-order valence-electron chi connectivity index (χ0n) is 18.9. The van der Waals surface area contributed by atoms with Crippen molar-refractivity contribution in [3.8, 4) is 5.75 Å². The van der Waals surface area contributed by atoms with Crippen LogP contribution in [0.3, 0.4) is 0 Å². The smallest absolute Gasteiger partial charge is 0.202 e. The lowest BCUT2D eigenvalue weighted by atomic mass is 10.1. The summed E-state index contributed by atoms with van der Waals surface area (Å²) in [5.74, 6) is 0.885. The fraction of sp³-hybridized carbons (Fsp3) is 0.522. The molecule has 1 aromatic heterocycles. The van der Waals surface area contributed by atoms with Gasteiger partial charge >= 0.3 is 0 Å². The number of imidazole rings is 1. The van der Waals surface area contributed by atoms with Crippen molar-refractivity contribution in [3.63, 3.8) is 0 Å². The Balaban J connectivity index is 1.55. The van der Waals surface area contributed by atoms with Crippen molar-refractivity contribution in [1.29, 1.82) is 16.2 Å². The van der Waals surface area contributed by atoms with Crippen LogP contribution >= 0.6 is 0 Å². The number of hydrogen-bond donors (Lipinski definition) is 6. The molecule has 2 aromatic rings. The SMILES string of the molecule is N=C(N)NCCCCCCCCn1ccn(CCCCOc2ccc(C(=N)N)cc2)c1=N. The van der Waals surface area contributed by atoms with Crippen molar-refractivity contribution in [2.45, 2.75) is 64.5 Å². The topological polar surface area (TPSA) is 155 Å². The molecular weight excluding hydrogens is 404 g/mol. The molecule has 0 radical (unpaired) electrons. The molecule has 0 saturated heterocycles. The Morgan fingerprint density at radius 3 is 1.97 bits per heavy atom. The second-order valence-electron chi connectivity index (χ2n) is 7.96. The molecule has 0 unspecified atom stereocenters. The number of aryl methyl sites for hydroxylation is 2. The molecule has 9 nitrogen and oxygen atoms in total. The predicted octanol–water partition coefficient (Wildman–Crippen LogP) is 2.74. The Kier molecular flexibility index (Phi) is 10.9. The maximum Gasteiger partial charge on any atom is 0.202 e. The number of unbranched alkanes of at least 4 members (excludes halogenated alkanes) is 6. The molecule has 32 heavy (non-hydrogen) atoms. The summed E-state index contributed by atoms with van der Waals surface area (Å²) in [5, 5.41) is 25.7. The normalized spacial score (nSPS) is 10.8. The van der Waals surface area contributed by atoms with Crippen LogP contribution in [-0.4, -0.2) is 34.1 Å². The van der Waals surface area contributed by atoms with Gasteiger partial charge in [0.15, 0.2) is 5.96 Å². The molecule has 9 heteroatoms. The highest BCUT2D eigenvalue weighted by atomic mass is 16.5. The van der Waals surface area contributed by atoms with E-state index in [0.29, 0.717) is 17.8 Å². The molecular formula is C23H38N8O. The van der Waals surface area contributed by atoms with Crippen molar-refractivity contribution >= 4 is 11.8 Å². The van der Waals surface area contributed by atoms with E-state index in [0.717, 1.165) is 57.5 Å². The number of aromatic nitrogens is 2. The van der Waals surface area contributed by atoms with Gasteiger partial charge in [0.05, 0.1) is 6.61 Å². The molecule has 0 spiro atoms. The summed E-state index contributed by atoms with van der Waals surface area (Å²) < 4.78 is 9.75. The number of benzene rings is 1. The summed E-state index contributed by atoms with van der Waals surface area (Å²) >= 11 is 0. The maximum atomic E-state index is 8.36. The number of nitrogens with one attached hydrogen (secondary N) is 4. The van der Waals surface area contributed by atoms with E-state index < -0.39 is 0 Å². The van der Waals surface area contributed by atoms with Gasteiger partial charge in [-0.2, -0.15) is 0 Å². The molecule has 2 rings (SSSR count). The lowest BCUT2D eigenvalue weighted by molar-refractivity contribution is 0.302. The molecule has 0 bridgehead atoms. The molecule has 0 aliphatic heterocycles. The molecule has 0 aliphatic carbocycles. The van der Waals surface area contributed by atoms with Crippen molar-refractivity contribution < 1.29 is 4.74 Å². The number of ether oxygens (including phenoxy) is 1. The molecule has 0 aliphatic rings. The third-order valence-corrected chi connectivity index (χ3v) is 5.34. The second kappa shape index (κ2) is 14.0. The minimum Gasteiger partial charge on any atom is -0.494 e. The van der Waals surface area contributed by atoms with Crippen molar-refractivity contribution in [2.75, 3.05) is 13.2 Å². The van der Waals surface area contributed by atoms with Gasteiger partial charge < -0.3 is 30.7 Å². The van der Waals surface area contributed by atoms with Gasteiger partial charge in [-0.15, -0.1) is 0 Å². The van der Waals surface area contributed by atoms with Crippen LogP contribution in [0.4, 0.5) is 0 Å². The van der Waals surface area contributed by atoms with Crippen molar-refractivity contribution in [1.82, 2.24) is 14.5 Å². The zero-order valence-corrected chi connectivity index (χ0v) is 18.9. The van der Waals surface area contributed by atoms with E-state index in [1.165, 1.54) is 19.3 Å². The minimum absolute atomic E-state index is 0.0470. The third kappa shape index (κ3) is 9.28. The molecule has 0 amide bonds. The van der Waals surface area contributed by atoms with Crippen LogP contribution in [0.2, 0.25) is 0 Å². The lowest BCUT2D eigenvalue weighted by Crippen LogP contribution is -2.30. The first-order chi connectivity index (χ1) is 15.5. The van der Waals surface area contributed by atoms with Gasteiger partial charge in [0, 0.05) is 37.6 Å². The van der Waals surface area contributed by atoms with Gasteiger partial charge in [-0.05, 0) is 49.9 Å². The first-order valence-corrected chi connectivity index (χ1v) is 11.4. The minimum atomic E-state index is 0.0470. The summed E-state index contributed by atoms with van der Waals surface area (Å²) in [6.07, 6.45) is 12.7. The molecule has 176 valence electrons. The molecule has 1 heterocycles. The monoisotopic (exact) mass is 442 g/mol. The van der Waals surface area contributed by atoms with Gasteiger partial charge in [0.2, 0.25) is 5.62 Å². The maximum absolute atomic E-state index is 8.36. The van der Waals surface area contributed by atoms with Crippen LogP contribution in [0.5, 0.6) is 5.75 Å². The molecule has 0 fully saturated rings. The molecule has 0 atom stereocenters. The average Bonchev–Trinajstić information content (AvgIpc) is 3.12. The van der Waals surface area contributed by atoms with Crippen LogP contribution in [0, 0.1) is 16.2 Å². The largest absolute Gasteiger partial charge is 0.494 e. The Morgan fingerprint density at radius 1 is 0.812 bits per heavy atom. The quantitative estimate of drug-likeness (QED) is 0.134. The zero-order chi connectivity index (χ0) is 23.2. The Bertz CT molecular complexity index is 884. The second-order valence-corrected chi connectivity index (χ2v) is 7.96. The summed E-state index contributed by atoms with van der Waals surface area (Å²) in [6, 6.07) is 7.24. The molecule has 1 aromatic carbocycles.